The third kappa shape index (κ3) is 3.60. The van der Waals surface area contributed by atoms with Crippen LogP contribution in [0.4, 0.5) is 17.5 Å². The number of ether oxygens (including phenoxy) is 1. The van der Waals surface area contributed by atoms with Crippen molar-refractivity contribution in [3.8, 4) is 5.75 Å². The van der Waals surface area contributed by atoms with Crippen LogP contribution in [0.3, 0.4) is 0 Å². The number of hydrogen-bond donors (Lipinski definition) is 2. The second-order valence-corrected chi connectivity index (χ2v) is 4.47. The van der Waals surface area contributed by atoms with Crippen LogP contribution in [-0.2, 0) is 0 Å². The first-order valence-corrected chi connectivity index (χ1v) is 6.72. The number of anilines is 3. The second-order valence-electron chi connectivity index (χ2n) is 4.47. The predicted molar refractivity (Wildman–Crippen MR) is 81.8 cm³/mol. The van der Waals surface area contributed by atoms with Gasteiger partial charge in [-0.2, -0.15) is 4.98 Å². The van der Waals surface area contributed by atoms with Crippen LogP contribution in [0.1, 0.15) is 19.0 Å². The SMILES string of the molecule is CCCNc1nc(C)cc(Nc2ccccc2OC)n1. The molecule has 2 rings (SSSR count). The van der Waals surface area contributed by atoms with Crippen molar-refractivity contribution in [2.45, 2.75) is 20.3 Å². The van der Waals surface area contributed by atoms with Crippen LogP contribution in [-0.4, -0.2) is 23.6 Å². The van der Waals surface area contributed by atoms with Gasteiger partial charge in [0.05, 0.1) is 12.8 Å². The van der Waals surface area contributed by atoms with E-state index in [2.05, 4.69) is 27.5 Å². The molecule has 0 saturated heterocycles. The molecule has 0 amide bonds. The van der Waals surface area contributed by atoms with Crippen molar-refractivity contribution in [1.29, 1.82) is 0 Å². The van der Waals surface area contributed by atoms with E-state index in [1.807, 2.05) is 37.3 Å². The highest BCUT2D eigenvalue weighted by Gasteiger charge is 2.05. The standard InChI is InChI=1S/C15H20N4O/c1-4-9-16-15-17-11(2)10-14(19-15)18-12-7-5-6-8-13(12)20-3/h5-8,10H,4,9H2,1-3H3,(H2,16,17,18,19). The van der Waals surface area contributed by atoms with Gasteiger partial charge in [0, 0.05) is 18.3 Å². The summed E-state index contributed by atoms with van der Waals surface area (Å²) < 4.78 is 5.32. The number of methoxy groups -OCH3 is 1. The fourth-order valence-electron chi connectivity index (χ4n) is 1.83. The van der Waals surface area contributed by atoms with Gasteiger partial charge in [0.2, 0.25) is 5.95 Å². The van der Waals surface area contributed by atoms with Gasteiger partial charge < -0.3 is 15.4 Å². The number of aromatic nitrogens is 2. The Kier molecular flexibility index (Phi) is 4.76. The fourth-order valence-corrected chi connectivity index (χ4v) is 1.83. The monoisotopic (exact) mass is 272 g/mol. The molecule has 0 radical (unpaired) electrons. The van der Waals surface area contributed by atoms with Crippen LogP contribution in [0, 0.1) is 6.92 Å². The maximum absolute atomic E-state index is 5.32. The first-order valence-electron chi connectivity index (χ1n) is 6.72. The Morgan fingerprint density at radius 2 is 2.00 bits per heavy atom. The van der Waals surface area contributed by atoms with Crippen LogP contribution in [0.2, 0.25) is 0 Å². The Morgan fingerprint density at radius 3 is 2.75 bits per heavy atom. The van der Waals surface area contributed by atoms with E-state index in [0.717, 1.165) is 35.9 Å². The van der Waals surface area contributed by atoms with Gasteiger partial charge in [0.15, 0.2) is 0 Å². The van der Waals surface area contributed by atoms with Crippen molar-refractivity contribution in [3.63, 3.8) is 0 Å². The number of hydrogen-bond acceptors (Lipinski definition) is 5. The molecule has 2 aromatic rings. The lowest BCUT2D eigenvalue weighted by Crippen LogP contribution is -2.07. The van der Waals surface area contributed by atoms with E-state index in [9.17, 15) is 0 Å². The van der Waals surface area contributed by atoms with E-state index < -0.39 is 0 Å². The highest BCUT2D eigenvalue weighted by Crippen LogP contribution is 2.26. The average Bonchev–Trinajstić information content (AvgIpc) is 2.45. The molecule has 0 bridgehead atoms. The fraction of sp³-hybridized carbons (Fsp3) is 0.333. The third-order valence-corrected chi connectivity index (χ3v) is 2.76. The molecule has 1 aromatic carbocycles. The van der Waals surface area contributed by atoms with Gasteiger partial charge in [0.1, 0.15) is 11.6 Å². The molecule has 2 N–H and O–H groups in total. The molecule has 106 valence electrons. The third-order valence-electron chi connectivity index (χ3n) is 2.76. The van der Waals surface area contributed by atoms with E-state index in [1.165, 1.54) is 0 Å². The minimum Gasteiger partial charge on any atom is -0.495 e. The molecule has 1 heterocycles. The Hall–Kier alpha value is -2.30. The average molecular weight is 272 g/mol. The molecule has 0 aliphatic carbocycles. The van der Waals surface area contributed by atoms with Crippen molar-refractivity contribution in [1.82, 2.24) is 9.97 Å². The lowest BCUT2D eigenvalue weighted by atomic mass is 10.3. The molecule has 1 aromatic heterocycles. The van der Waals surface area contributed by atoms with Crippen molar-refractivity contribution in [3.05, 3.63) is 36.0 Å². The van der Waals surface area contributed by atoms with Gasteiger partial charge in [-0.05, 0) is 25.5 Å². The highest BCUT2D eigenvalue weighted by atomic mass is 16.5. The van der Waals surface area contributed by atoms with Gasteiger partial charge in [-0.25, -0.2) is 4.98 Å². The Labute approximate surface area is 119 Å². The molecule has 0 spiro atoms. The number of nitrogens with one attached hydrogen (secondary N) is 2. The molecule has 0 atom stereocenters. The summed E-state index contributed by atoms with van der Waals surface area (Å²) in [5.74, 6) is 2.18. The van der Waals surface area contributed by atoms with Crippen LogP contribution in [0.5, 0.6) is 5.75 Å². The number of aryl methyl sites for hydroxylation is 1. The topological polar surface area (TPSA) is 59.1 Å². The molecule has 5 nitrogen and oxygen atoms in total. The Bertz CT molecular complexity index is 572. The number of para-hydroxylation sites is 2. The predicted octanol–water partition coefficient (Wildman–Crippen LogP) is 3.36. The number of benzene rings is 1. The molecular formula is C15H20N4O. The molecular weight excluding hydrogens is 252 g/mol. The molecule has 5 heteroatoms. The maximum atomic E-state index is 5.32. The molecule has 20 heavy (non-hydrogen) atoms. The lowest BCUT2D eigenvalue weighted by molar-refractivity contribution is 0.417. The van der Waals surface area contributed by atoms with Gasteiger partial charge >= 0.3 is 0 Å². The van der Waals surface area contributed by atoms with Gasteiger partial charge in [-0.3, -0.25) is 0 Å². The zero-order chi connectivity index (χ0) is 14.4. The molecule has 0 aliphatic heterocycles. The van der Waals surface area contributed by atoms with E-state index in [4.69, 9.17) is 4.74 Å². The maximum Gasteiger partial charge on any atom is 0.224 e. The first-order chi connectivity index (χ1) is 9.72. The normalized spacial score (nSPS) is 10.2. The summed E-state index contributed by atoms with van der Waals surface area (Å²) in [5.41, 5.74) is 1.80. The minimum atomic E-state index is 0.643. The number of nitrogens with zero attached hydrogens (tertiary/aromatic N) is 2. The largest absolute Gasteiger partial charge is 0.495 e. The van der Waals surface area contributed by atoms with E-state index >= 15 is 0 Å². The molecule has 0 saturated carbocycles. The zero-order valence-electron chi connectivity index (χ0n) is 12.1. The Morgan fingerprint density at radius 1 is 1.20 bits per heavy atom. The van der Waals surface area contributed by atoms with E-state index in [-0.39, 0.29) is 0 Å². The van der Waals surface area contributed by atoms with Crippen LogP contribution in [0.15, 0.2) is 30.3 Å². The highest BCUT2D eigenvalue weighted by molar-refractivity contribution is 5.64. The summed E-state index contributed by atoms with van der Waals surface area (Å²) in [6.07, 6.45) is 1.03. The van der Waals surface area contributed by atoms with Gasteiger partial charge in [0.25, 0.3) is 0 Å². The summed E-state index contributed by atoms with van der Waals surface area (Å²) in [7, 11) is 1.65. The summed E-state index contributed by atoms with van der Waals surface area (Å²) in [6.45, 7) is 4.92. The van der Waals surface area contributed by atoms with Crippen LogP contribution >= 0.6 is 0 Å². The first kappa shape index (κ1) is 14.1. The van der Waals surface area contributed by atoms with Crippen molar-refractivity contribution >= 4 is 17.5 Å². The van der Waals surface area contributed by atoms with Gasteiger partial charge in [-0.1, -0.05) is 19.1 Å². The number of rotatable bonds is 6. The van der Waals surface area contributed by atoms with Crippen LogP contribution in [0.25, 0.3) is 0 Å². The quantitative estimate of drug-likeness (QED) is 0.844. The minimum absolute atomic E-state index is 0.643. The van der Waals surface area contributed by atoms with Crippen molar-refractivity contribution in [2.75, 3.05) is 24.3 Å². The van der Waals surface area contributed by atoms with Crippen molar-refractivity contribution in [2.24, 2.45) is 0 Å². The molecule has 0 fully saturated rings. The Balaban J connectivity index is 2.22. The van der Waals surface area contributed by atoms with E-state index in [0.29, 0.717) is 5.95 Å². The zero-order valence-corrected chi connectivity index (χ0v) is 12.1. The lowest BCUT2D eigenvalue weighted by Gasteiger charge is -2.12. The summed E-state index contributed by atoms with van der Waals surface area (Å²) in [4.78, 5) is 8.81. The molecule has 0 unspecified atom stereocenters. The smallest absolute Gasteiger partial charge is 0.224 e. The van der Waals surface area contributed by atoms with E-state index in [1.54, 1.807) is 7.11 Å². The van der Waals surface area contributed by atoms with Gasteiger partial charge in [-0.15, -0.1) is 0 Å². The van der Waals surface area contributed by atoms with Crippen molar-refractivity contribution < 1.29 is 4.74 Å². The summed E-state index contributed by atoms with van der Waals surface area (Å²) in [6, 6.07) is 9.66. The van der Waals surface area contributed by atoms with Crippen LogP contribution < -0.4 is 15.4 Å². The molecule has 0 aliphatic rings. The summed E-state index contributed by atoms with van der Waals surface area (Å²) in [5, 5.41) is 6.46. The summed E-state index contributed by atoms with van der Waals surface area (Å²) >= 11 is 0. The second kappa shape index (κ2) is 6.75.